The standard InChI is InChI=1S/C6H10F2N2O/c7-5(8)6(1-2-6)10-4(11)3-9/h5H,1-3,9H2,(H,10,11). The summed E-state index contributed by atoms with van der Waals surface area (Å²) in [4.78, 5) is 10.6. The lowest BCUT2D eigenvalue weighted by atomic mass is 10.3. The van der Waals surface area contributed by atoms with Gasteiger partial charge in [-0.3, -0.25) is 4.79 Å². The number of hydrogen-bond acceptors (Lipinski definition) is 2. The average molecular weight is 164 g/mol. The number of carbonyl (C=O) groups is 1. The fourth-order valence-electron chi connectivity index (χ4n) is 0.861. The monoisotopic (exact) mass is 164 g/mol. The van der Waals surface area contributed by atoms with Crippen molar-refractivity contribution in [1.29, 1.82) is 0 Å². The Morgan fingerprint density at radius 2 is 2.18 bits per heavy atom. The van der Waals surface area contributed by atoms with Crippen LogP contribution in [0.25, 0.3) is 0 Å². The van der Waals surface area contributed by atoms with Crippen molar-refractivity contribution in [3.05, 3.63) is 0 Å². The zero-order chi connectivity index (χ0) is 8.48. The van der Waals surface area contributed by atoms with Gasteiger partial charge in [0.05, 0.1) is 6.54 Å². The zero-order valence-corrected chi connectivity index (χ0v) is 5.94. The molecule has 1 rings (SSSR count). The number of nitrogens with one attached hydrogen (secondary N) is 1. The van der Waals surface area contributed by atoms with E-state index in [-0.39, 0.29) is 6.54 Å². The maximum Gasteiger partial charge on any atom is 0.261 e. The van der Waals surface area contributed by atoms with E-state index in [1.165, 1.54) is 0 Å². The van der Waals surface area contributed by atoms with Gasteiger partial charge in [-0.25, -0.2) is 8.78 Å². The number of alkyl halides is 2. The smallest absolute Gasteiger partial charge is 0.261 e. The van der Waals surface area contributed by atoms with Crippen LogP contribution in [0.4, 0.5) is 8.78 Å². The Kier molecular flexibility index (Phi) is 2.08. The number of amides is 1. The van der Waals surface area contributed by atoms with E-state index in [4.69, 9.17) is 5.73 Å². The van der Waals surface area contributed by atoms with Gasteiger partial charge in [0.25, 0.3) is 6.43 Å². The molecule has 64 valence electrons. The molecule has 0 radical (unpaired) electrons. The van der Waals surface area contributed by atoms with Crippen molar-refractivity contribution < 1.29 is 13.6 Å². The lowest BCUT2D eigenvalue weighted by Gasteiger charge is -2.14. The minimum Gasteiger partial charge on any atom is -0.344 e. The summed E-state index contributed by atoms with van der Waals surface area (Å²) in [5.41, 5.74) is 3.71. The molecule has 0 atom stereocenters. The molecule has 0 aliphatic heterocycles. The quantitative estimate of drug-likeness (QED) is 0.610. The molecule has 1 amide bonds. The summed E-state index contributed by atoms with van der Waals surface area (Å²) in [6, 6.07) is 0. The first kappa shape index (κ1) is 8.39. The molecule has 11 heavy (non-hydrogen) atoms. The molecule has 1 aliphatic rings. The van der Waals surface area contributed by atoms with E-state index in [0.717, 1.165) is 0 Å². The largest absolute Gasteiger partial charge is 0.344 e. The molecular weight excluding hydrogens is 154 g/mol. The van der Waals surface area contributed by atoms with Gasteiger partial charge < -0.3 is 11.1 Å². The lowest BCUT2D eigenvalue weighted by Crippen LogP contribution is -2.44. The molecule has 1 fully saturated rings. The highest BCUT2D eigenvalue weighted by molar-refractivity contribution is 5.79. The van der Waals surface area contributed by atoms with Gasteiger partial charge in [0.15, 0.2) is 0 Å². The molecule has 0 spiro atoms. The maximum atomic E-state index is 12.1. The lowest BCUT2D eigenvalue weighted by molar-refractivity contribution is -0.122. The summed E-state index contributed by atoms with van der Waals surface area (Å²) >= 11 is 0. The summed E-state index contributed by atoms with van der Waals surface area (Å²) in [6.07, 6.45) is -1.76. The highest BCUT2D eigenvalue weighted by Crippen LogP contribution is 2.40. The van der Waals surface area contributed by atoms with Crippen molar-refractivity contribution >= 4 is 5.91 Å². The van der Waals surface area contributed by atoms with Crippen LogP contribution in [-0.4, -0.2) is 24.4 Å². The first-order chi connectivity index (χ1) is 5.10. The summed E-state index contributed by atoms with van der Waals surface area (Å²) in [5, 5.41) is 2.20. The highest BCUT2D eigenvalue weighted by Gasteiger charge is 2.52. The molecular formula is C6H10F2N2O. The molecule has 5 heteroatoms. The van der Waals surface area contributed by atoms with Crippen LogP contribution in [0.1, 0.15) is 12.8 Å². The van der Waals surface area contributed by atoms with Crippen molar-refractivity contribution in [2.75, 3.05) is 6.54 Å². The topological polar surface area (TPSA) is 55.1 Å². The fraction of sp³-hybridized carbons (Fsp3) is 0.833. The first-order valence-electron chi connectivity index (χ1n) is 3.40. The minimum atomic E-state index is -2.47. The normalized spacial score (nSPS) is 20.0. The summed E-state index contributed by atoms with van der Waals surface area (Å²) in [5.74, 6) is -0.511. The van der Waals surface area contributed by atoms with Gasteiger partial charge >= 0.3 is 0 Å². The molecule has 0 aromatic carbocycles. The Bertz CT molecular complexity index is 168. The summed E-state index contributed by atoms with van der Waals surface area (Å²) in [6.45, 7) is -0.228. The van der Waals surface area contributed by atoms with Crippen molar-refractivity contribution in [3.63, 3.8) is 0 Å². The Balaban J connectivity index is 2.41. The third-order valence-electron chi connectivity index (χ3n) is 1.78. The molecule has 0 aromatic rings. The second kappa shape index (κ2) is 2.73. The van der Waals surface area contributed by atoms with Gasteiger partial charge in [-0.1, -0.05) is 0 Å². The van der Waals surface area contributed by atoms with Gasteiger partial charge in [0.2, 0.25) is 5.91 Å². The first-order valence-corrected chi connectivity index (χ1v) is 3.40. The number of halogens is 2. The second-order valence-corrected chi connectivity index (χ2v) is 2.71. The van der Waals surface area contributed by atoms with Gasteiger partial charge in [-0.05, 0) is 12.8 Å². The SMILES string of the molecule is NCC(=O)NC1(C(F)F)CC1. The number of nitrogens with two attached hydrogens (primary N) is 1. The van der Waals surface area contributed by atoms with E-state index < -0.39 is 17.9 Å². The third-order valence-corrected chi connectivity index (χ3v) is 1.78. The van der Waals surface area contributed by atoms with Gasteiger partial charge in [-0.2, -0.15) is 0 Å². The van der Waals surface area contributed by atoms with E-state index in [1.54, 1.807) is 0 Å². The van der Waals surface area contributed by atoms with Gasteiger partial charge in [0.1, 0.15) is 5.54 Å². The molecule has 0 unspecified atom stereocenters. The van der Waals surface area contributed by atoms with Crippen molar-refractivity contribution in [2.45, 2.75) is 24.8 Å². The predicted molar refractivity (Wildman–Crippen MR) is 35.2 cm³/mol. The van der Waals surface area contributed by atoms with E-state index in [0.29, 0.717) is 12.8 Å². The van der Waals surface area contributed by atoms with E-state index in [1.807, 2.05) is 0 Å². The van der Waals surface area contributed by atoms with Crippen LogP contribution in [0.5, 0.6) is 0 Å². The zero-order valence-electron chi connectivity index (χ0n) is 5.94. The molecule has 0 heterocycles. The van der Waals surface area contributed by atoms with Crippen LogP contribution in [-0.2, 0) is 4.79 Å². The molecule has 0 saturated heterocycles. The second-order valence-electron chi connectivity index (χ2n) is 2.71. The van der Waals surface area contributed by atoms with Crippen LogP contribution in [0.3, 0.4) is 0 Å². The Morgan fingerprint density at radius 3 is 2.45 bits per heavy atom. The van der Waals surface area contributed by atoms with Crippen LogP contribution in [0.15, 0.2) is 0 Å². The van der Waals surface area contributed by atoms with Crippen LogP contribution < -0.4 is 11.1 Å². The molecule has 1 aliphatic carbocycles. The van der Waals surface area contributed by atoms with Gasteiger partial charge in [0, 0.05) is 0 Å². The molecule has 3 nitrogen and oxygen atoms in total. The van der Waals surface area contributed by atoms with E-state index >= 15 is 0 Å². The molecule has 0 bridgehead atoms. The summed E-state index contributed by atoms with van der Waals surface area (Å²) in [7, 11) is 0. The van der Waals surface area contributed by atoms with Crippen LogP contribution in [0, 0.1) is 0 Å². The van der Waals surface area contributed by atoms with E-state index in [2.05, 4.69) is 5.32 Å². The fourth-order valence-corrected chi connectivity index (χ4v) is 0.861. The minimum absolute atomic E-state index is 0.228. The number of rotatable bonds is 3. The van der Waals surface area contributed by atoms with Crippen molar-refractivity contribution in [3.8, 4) is 0 Å². The van der Waals surface area contributed by atoms with Gasteiger partial charge in [-0.15, -0.1) is 0 Å². The molecule has 0 aromatic heterocycles. The van der Waals surface area contributed by atoms with Crippen LogP contribution in [0.2, 0.25) is 0 Å². The summed E-state index contributed by atoms with van der Waals surface area (Å²) < 4.78 is 24.2. The Labute approximate surface area is 62.9 Å². The average Bonchev–Trinajstić information content (AvgIpc) is 2.69. The Morgan fingerprint density at radius 1 is 1.64 bits per heavy atom. The highest BCUT2D eigenvalue weighted by atomic mass is 19.3. The van der Waals surface area contributed by atoms with Crippen molar-refractivity contribution in [1.82, 2.24) is 5.32 Å². The number of hydrogen-bond donors (Lipinski definition) is 2. The predicted octanol–water partition coefficient (Wildman–Crippen LogP) is -0.141. The van der Waals surface area contributed by atoms with Crippen LogP contribution >= 0.6 is 0 Å². The Hall–Kier alpha value is -0.710. The number of carbonyl (C=O) groups excluding carboxylic acids is 1. The van der Waals surface area contributed by atoms with E-state index in [9.17, 15) is 13.6 Å². The maximum absolute atomic E-state index is 12.1. The van der Waals surface area contributed by atoms with Crippen molar-refractivity contribution in [2.24, 2.45) is 5.73 Å². The molecule has 1 saturated carbocycles. The third kappa shape index (κ3) is 1.65. The molecule has 3 N–H and O–H groups in total.